The molecule has 20 heavy (non-hydrogen) atoms. The maximum Gasteiger partial charge on any atom is 0.169 e. The van der Waals surface area contributed by atoms with E-state index in [-0.39, 0.29) is 0 Å². The molecule has 0 aliphatic carbocycles. The Hall–Kier alpha value is -2.51. The van der Waals surface area contributed by atoms with Gasteiger partial charge in [0.2, 0.25) is 0 Å². The standard InChI is InChI=1S/C15H10ClNO3/c1-19-15-6-10(8-17)2-5-14(15)20-12-4-3-11(9-18)13(16)7-12/h2-7,9H,1H3. The van der Waals surface area contributed by atoms with Crippen molar-refractivity contribution in [2.45, 2.75) is 0 Å². The van der Waals surface area contributed by atoms with Crippen LogP contribution in [0.5, 0.6) is 17.2 Å². The third-order valence-corrected chi connectivity index (χ3v) is 2.95. The van der Waals surface area contributed by atoms with E-state index in [1.807, 2.05) is 6.07 Å². The van der Waals surface area contributed by atoms with Gasteiger partial charge in [0.1, 0.15) is 5.75 Å². The van der Waals surface area contributed by atoms with Crippen molar-refractivity contribution in [3.05, 3.63) is 52.5 Å². The molecule has 0 fully saturated rings. The second kappa shape index (κ2) is 6.09. The smallest absolute Gasteiger partial charge is 0.169 e. The third kappa shape index (κ3) is 2.90. The van der Waals surface area contributed by atoms with Crippen LogP contribution in [-0.4, -0.2) is 13.4 Å². The molecule has 0 spiro atoms. The number of methoxy groups -OCH3 is 1. The van der Waals surface area contributed by atoms with Gasteiger partial charge in [-0.25, -0.2) is 0 Å². The zero-order chi connectivity index (χ0) is 14.5. The number of nitriles is 1. The molecule has 0 N–H and O–H groups in total. The highest BCUT2D eigenvalue weighted by molar-refractivity contribution is 6.33. The van der Waals surface area contributed by atoms with E-state index in [1.165, 1.54) is 7.11 Å². The summed E-state index contributed by atoms with van der Waals surface area (Å²) >= 11 is 5.93. The Balaban J connectivity index is 2.32. The largest absolute Gasteiger partial charge is 0.493 e. The Labute approximate surface area is 121 Å². The van der Waals surface area contributed by atoms with Crippen LogP contribution in [0.1, 0.15) is 15.9 Å². The van der Waals surface area contributed by atoms with Crippen LogP contribution < -0.4 is 9.47 Å². The highest BCUT2D eigenvalue weighted by Gasteiger charge is 2.08. The van der Waals surface area contributed by atoms with Gasteiger partial charge in [-0.05, 0) is 24.3 Å². The van der Waals surface area contributed by atoms with Gasteiger partial charge in [0, 0.05) is 17.7 Å². The number of carbonyl (C=O) groups excluding carboxylic acids is 1. The predicted molar refractivity (Wildman–Crippen MR) is 74.6 cm³/mol. The fourth-order valence-electron chi connectivity index (χ4n) is 1.62. The van der Waals surface area contributed by atoms with E-state index in [0.717, 1.165) is 0 Å². The second-order valence-electron chi connectivity index (χ2n) is 3.88. The van der Waals surface area contributed by atoms with Crippen LogP contribution in [0.2, 0.25) is 5.02 Å². The first-order chi connectivity index (χ1) is 9.67. The molecule has 0 unspecified atom stereocenters. The van der Waals surface area contributed by atoms with E-state index in [9.17, 15) is 4.79 Å². The number of halogens is 1. The summed E-state index contributed by atoms with van der Waals surface area (Å²) < 4.78 is 10.8. The second-order valence-corrected chi connectivity index (χ2v) is 4.29. The molecule has 100 valence electrons. The van der Waals surface area contributed by atoms with Gasteiger partial charge in [-0.1, -0.05) is 11.6 Å². The molecule has 0 aromatic heterocycles. The number of rotatable bonds is 4. The molecule has 0 amide bonds. The molecular formula is C15H10ClNO3. The molecule has 2 aromatic carbocycles. The summed E-state index contributed by atoms with van der Waals surface area (Å²) in [5, 5.41) is 9.15. The number of aldehydes is 1. The number of hydrogen-bond acceptors (Lipinski definition) is 4. The third-order valence-electron chi connectivity index (χ3n) is 2.62. The van der Waals surface area contributed by atoms with E-state index in [2.05, 4.69) is 0 Å². The van der Waals surface area contributed by atoms with Crippen molar-refractivity contribution in [1.29, 1.82) is 5.26 Å². The predicted octanol–water partition coefficient (Wildman–Crippen LogP) is 3.83. The Morgan fingerprint density at radius 3 is 2.60 bits per heavy atom. The lowest BCUT2D eigenvalue weighted by Crippen LogP contribution is -1.92. The van der Waals surface area contributed by atoms with Crippen LogP contribution >= 0.6 is 11.6 Å². The van der Waals surface area contributed by atoms with E-state index >= 15 is 0 Å². The minimum Gasteiger partial charge on any atom is -0.493 e. The topological polar surface area (TPSA) is 59.3 Å². The lowest BCUT2D eigenvalue weighted by atomic mass is 10.2. The minimum atomic E-state index is 0.310. The van der Waals surface area contributed by atoms with E-state index in [0.29, 0.717) is 39.7 Å². The summed E-state index contributed by atoms with van der Waals surface area (Å²) in [6.07, 6.45) is 0.675. The average Bonchev–Trinajstić information content (AvgIpc) is 2.48. The molecule has 0 radical (unpaired) electrons. The maximum atomic E-state index is 10.7. The summed E-state index contributed by atoms with van der Waals surface area (Å²) in [5.41, 5.74) is 0.870. The van der Waals surface area contributed by atoms with Crippen molar-refractivity contribution in [3.63, 3.8) is 0 Å². The quantitative estimate of drug-likeness (QED) is 0.802. The minimum absolute atomic E-state index is 0.310. The van der Waals surface area contributed by atoms with Crippen LogP contribution in [0.25, 0.3) is 0 Å². The summed E-state index contributed by atoms with van der Waals surface area (Å²) in [7, 11) is 1.49. The summed E-state index contributed by atoms with van der Waals surface area (Å²) in [4.78, 5) is 10.7. The first-order valence-corrected chi connectivity index (χ1v) is 6.06. The Morgan fingerprint density at radius 1 is 1.20 bits per heavy atom. The number of ether oxygens (including phenoxy) is 2. The molecule has 0 saturated heterocycles. The number of hydrogen-bond donors (Lipinski definition) is 0. The number of benzene rings is 2. The van der Waals surface area contributed by atoms with Crippen molar-refractivity contribution in [2.24, 2.45) is 0 Å². The van der Waals surface area contributed by atoms with Crippen LogP contribution in [0.4, 0.5) is 0 Å². The fraction of sp³-hybridized carbons (Fsp3) is 0.0667. The van der Waals surface area contributed by atoms with Crippen molar-refractivity contribution >= 4 is 17.9 Å². The summed E-state index contributed by atoms with van der Waals surface area (Å²) in [6, 6.07) is 11.6. The first-order valence-electron chi connectivity index (χ1n) is 5.68. The molecule has 0 bridgehead atoms. The molecule has 0 aliphatic heterocycles. The molecule has 2 aromatic rings. The van der Waals surface area contributed by atoms with Crippen molar-refractivity contribution < 1.29 is 14.3 Å². The van der Waals surface area contributed by atoms with Gasteiger partial charge in [0.05, 0.1) is 23.8 Å². The molecule has 0 atom stereocenters. The molecule has 0 heterocycles. The number of carbonyl (C=O) groups is 1. The van der Waals surface area contributed by atoms with Gasteiger partial charge < -0.3 is 9.47 Å². The SMILES string of the molecule is COc1cc(C#N)ccc1Oc1ccc(C=O)c(Cl)c1. The van der Waals surface area contributed by atoms with Crippen LogP contribution in [0, 0.1) is 11.3 Å². The van der Waals surface area contributed by atoms with Gasteiger partial charge in [0.15, 0.2) is 17.8 Å². The Bertz CT molecular complexity index is 692. The summed E-state index contributed by atoms with van der Waals surface area (Å²) in [5.74, 6) is 1.38. The number of nitrogens with zero attached hydrogens (tertiary/aromatic N) is 1. The zero-order valence-corrected chi connectivity index (χ0v) is 11.3. The molecule has 0 saturated carbocycles. The molecular weight excluding hydrogens is 278 g/mol. The Kier molecular flexibility index (Phi) is 4.24. The van der Waals surface area contributed by atoms with Gasteiger partial charge in [0.25, 0.3) is 0 Å². The summed E-state index contributed by atoms with van der Waals surface area (Å²) in [6.45, 7) is 0. The van der Waals surface area contributed by atoms with Gasteiger partial charge in [-0.15, -0.1) is 0 Å². The molecule has 0 aliphatic rings. The van der Waals surface area contributed by atoms with Crippen molar-refractivity contribution in [1.82, 2.24) is 0 Å². The van der Waals surface area contributed by atoms with Crippen LogP contribution in [-0.2, 0) is 0 Å². The van der Waals surface area contributed by atoms with Crippen molar-refractivity contribution in [2.75, 3.05) is 7.11 Å². The highest BCUT2D eigenvalue weighted by atomic mass is 35.5. The molecule has 4 nitrogen and oxygen atoms in total. The molecule has 5 heteroatoms. The van der Waals surface area contributed by atoms with E-state index in [1.54, 1.807) is 36.4 Å². The van der Waals surface area contributed by atoms with Crippen molar-refractivity contribution in [3.8, 4) is 23.3 Å². The van der Waals surface area contributed by atoms with Gasteiger partial charge in [-0.2, -0.15) is 5.26 Å². The molecule has 2 rings (SSSR count). The van der Waals surface area contributed by atoms with E-state index in [4.69, 9.17) is 26.3 Å². The maximum absolute atomic E-state index is 10.7. The normalized spacial score (nSPS) is 9.65. The highest BCUT2D eigenvalue weighted by Crippen LogP contribution is 2.33. The lowest BCUT2D eigenvalue weighted by molar-refractivity contribution is 0.112. The van der Waals surface area contributed by atoms with E-state index < -0.39 is 0 Å². The van der Waals surface area contributed by atoms with Gasteiger partial charge in [-0.3, -0.25) is 4.79 Å². The Morgan fingerprint density at radius 2 is 2.00 bits per heavy atom. The van der Waals surface area contributed by atoms with Crippen LogP contribution in [0.15, 0.2) is 36.4 Å². The average molecular weight is 288 g/mol. The first kappa shape index (κ1) is 13.9. The van der Waals surface area contributed by atoms with Crippen LogP contribution in [0.3, 0.4) is 0 Å². The lowest BCUT2D eigenvalue weighted by Gasteiger charge is -2.11. The van der Waals surface area contributed by atoms with Gasteiger partial charge >= 0.3 is 0 Å². The monoisotopic (exact) mass is 287 g/mol. The fourth-order valence-corrected chi connectivity index (χ4v) is 1.83. The zero-order valence-electron chi connectivity index (χ0n) is 10.6.